The Balaban J connectivity index is 2.10. The lowest BCUT2D eigenvalue weighted by Crippen LogP contribution is -2.27. The number of nitrogens with two attached hydrogens (primary N) is 1. The number of benzene rings is 1. The van der Waals surface area contributed by atoms with Crippen molar-refractivity contribution in [2.45, 2.75) is 45.6 Å². The molecular weight excluding hydrogens is 253 g/mol. The van der Waals surface area contributed by atoms with Crippen LogP contribution in [0.2, 0.25) is 0 Å². The highest BCUT2D eigenvalue weighted by molar-refractivity contribution is 5.78. The summed E-state index contributed by atoms with van der Waals surface area (Å²) in [6.07, 6.45) is 4.90. The summed E-state index contributed by atoms with van der Waals surface area (Å²) >= 11 is 0. The zero-order chi connectivity index (χ0) is 14.3. The second-order valence-corrected chi connectivity index (χ2v) is 6.23. The molecule has 2 atom stereocenters. The van der Waals surface area contributed by atoms with Crippen molar-refractivity contribution in [3.8, 4) is 0 Å². The number of hydrogen-bond acceptors (Lipinski definition) is 2. The normalized spacial score (nSPS) is 23.6. The Hall–Kier alpha value is -1.58. The van der Waals surface area contributed by atoms with Gasteiger partial charge in [-0.05, 0) is 36.8 Å². The van der Waals surface area contributed by atoms with Crippen LogP contribution in [0.4, 0.5) is 10.3 Å². The highest BCUT2D eigenvalue weighted by atomic mass is 19.1. The number of nitrogens with zero attached hydrogens (tertiary/aromatic N) is 2. The average Bonchev–Trinajstić information content (AvgIpc) is 2.73. The molecule has 0 bridgehead atoms. The van der Waals surface area contributed by atoms with Crippen molar-refractivity contribution in [2.75, 3.05) is 5.73 Å². The molecule has 0 saturated heterocycles. The minimum Gasteiger partial charge on any atom is -0.369 e. The van der Waals surface area contributed by atoms with E-state index in [1.807, 2.05) is 0 Å². The number of anilines is 1. The second-order valence-electron chi connectivity index (χ2n) is 6.23. The molecule has 2 aromatic rings. The van der Waals surface area contributed by atoms with Crippen LogP contribution in [-0.2, 0) is 0 Å². The van der Waals surface area contributed by atoms with E-state index in [0.717, 1.165) is 11.9 Å². The first-order chi connectivity index (χ1) is 9.58. The fourth-order valence-electron chi connectivity index (χ4n) is 3.68. The summed E-state index contributed by atoms with van der Waals surface area (Å²) in [4.78, 5) is 4.34. The van der Waals surface area contributed by atoms with Gasteiger partial charge >= 0.3 is 0 Å². The fourth-order valence-corrected chi connectivity index (χ4v) is 3.68. The van der Waals surface area contributed by atoms with Gasteiger partial charge in [-0.2, -0.15) is 0 Å². The molecule has 2 N–H and O–H groups in total. The summed E-state index contributed by atoms with van der Waals surface area (Å²) in [5.41, 5.74) is 7.75. The number of fused-ring (bicyclic) bond motifs is 1. The van der Waals surface area contributed by atoms with E-state index in [1.54, 1.807) is 6.07 Å². The molecule has 1 fully saturated rings. The number of aromatic nitrogens is 2. The molecule has 0 radical (unpaired) electrons. The van der Waals surface area contributed by atoms with Crippen LogP contribution in [-0.4, -0.2) is 9.55 Å². The van der Waals surface area contributed by atoms with Gasteiger partial charge in [0.2, 0.25) is 5.95 Å². The number of halogens is 1. The third-order valence-electron chi connectivity index (χ3n) is 4.65. The number of nitrogen functional groups attached to an aromatic ring is 1. The van der Waals surface area contributed by atoms with Crippen LogP contribution < -0.4 is 5.73 Å². The Kier molecular flexibility index (Phi) is 3.40. The Bertz CT molecular complexity index is 617. The van der Waals surface area contributed by atoms with Crippen LogP contribution in [0, 0.1) is 17.7 Å². The monoisotopic (exact) mass is 275 g/mol. The van der Waals surface area contributed by atoms with Crippen molar-refractivity contribution in [3.63, 3.8) is 0 Å². The van der Waals surface area contributed by atoms with Crippen LogP contribution >= 0.6 is 0 Å². The Morgan fingerprint density at radius 3 is 2.80 bits per heavy atom. The molecule has 1 aromatic carbocycles. The highest BCUT2D eigenvalue weighted by Crippen LogP contribution is 2.41. The van der Waals surface area contributed by atoms with Gasteiger partial charge in [0, 0.05) is 12.1 Å². The minimum absolute atomic E-state index is 0.258. The zero-order valence-electron chi connectivity index (χ0n) is 12.1. The quantitative estimate of drug-likeness (QED) is 0.895. The first-order valence-electron chi connectivity index (χ1n) is 7.51. The predicted octanol–water partition coefficient (Wildman–Crippen LogP) is 4.14. The van der Waals surface area contributed by atoms with Gasteiger partial charge in [0.1, 0.15) is 5.82 Å². The SMILES string of the molecule is CC(C)C1CCCCC1n1c(N)nc2cc(F)ccc21. The molecule has 0 spiro atoms. The van der Waals surface area contributed by atoms with E-state index in [4.69, 9.17) is 5.73 Å². The lowest BCUT2D eigenvalue weighted by atomic mass is 9.77. The van der Waals surface area contributed by atoms with Crippen molar-refractivity contribution in [1.82, 2.24) is 9.55 Å². The third kappa shape index (κ3) is 2.17. The molecule has 3 nitrogen and oxygen atoms in total. The van der Waals surface area contributed by atoms with Gasteiger partial charge in [-0.25, -0.2) is 9.37 Å². The molecule has 3 rings (SSSR count). The molecule has 1 aromatic heterocycles. The first kappa shape index (κ1) is 13.4. The van der Waals surface area contributed by atoms with E-state index in [0.29, 0.717) is 29.3 Å². The van der Waals surface area contributed by atoms with Crippen LogP contribution in [0.5, 0.6) is 0 Å². The lowest BCUT2D eigenvalue weighted by molar-refractivity contribution is 0.189. The van der Waals surface area contributed by atoms with Crippen LogP contribution in [0.1, 0.15) is 45.6 Å². The molecule has 0 amide bonds. The summed E-state index contributed by atoms with van der Waals surface area (Å²) in [5.74, 6) is 1.50. The molecule has 1 aliphatic carbocycles. The molecule has 0 aliphatic heterocycles. The van der Waals surface area contributed by atoms with Gasteiger partial charge in [-0.1, -0.05) is 26.7 Å². The van der Waals surface area contributed by atoms with E-state index in [1.165, 1.54) is 31.4 Å². The van der Waals surface area contributed by atoms with Gasteiger partial charge in [-0.15, -0.1) is 0 Å². The standard InChI is InChI=1S/C16H22FN3/c1-10(2)12-5-3-4-6-14(12)20-15-8-7-11(17)9-13(15)19-16(20)18/h7-10,12,14H,3-6H2,1-2H3,(H2,18,19). The molecule has 1 saturated carbocycles. The van der Waals surface area contributed by atoms with Crippen molar-refractivity contribution in [2.24, 2.45) is 11.8 Å². The third-order valence-corrected chi connectivity index (χ3v) is 4.65. The summed E-state index contributed by atoms with van der Waals surface area (Å²) in [5, 5.41) is 0. The number of hydrogen-bond donors (Lipinski definition) is 1. The van der Waals surface area contributed by atoms with E-state index in [9.17, 15) is 4.39 Å². The largest absolute Gasteiger partial charge is 0.369 e. The van der Waals surface area contributed by atoms with E-state index in [-0.39, 0.29) is 5.82 Å². The topological polar surface area (TPSA) is 43.8 Å². The van der Waals surface area contributed by atoms with Gasteiger partial charge in [0.15, 0.2) is 0 Å². The average molecular weight is 275 g/mol. The molecule has 2 unspecified atom stereocenters. The number of rotatable bonds is 2. The summed E-state index contributed by atoms with van der Waals surface area (Å²) in [6.45, 7) is 4.55. The summed E-state index contributed by atoms with van der Waals surface area (Å²) in [7, 11) is 0. The van der Waals surface area contributed by atoms with Crippen molar-refractivity contribution in [1.29, 1.82) is 0 Å². The van der Waals surface area contributed by atoms with Crippen LogP contribution in [0.15, 0.2) is 18.2 Å². The number of imidazole rings is 1. The zero-order valence-corrected chi connectivity index (χ0v) is 12.1. The fraction of sp³-hybridized carbons (Fsp3) is 0.562. The van der Waals surface area contributed by atoms with E-state index >= 15 is 0 Å². The molecule has 108 valence electrons. The molecule has 1 heterocycles. The van der Waals surface area contributed by atoms with Gasteiger partial charge < -0.3 is 10.3 Å². The van der Waals surface area contributed by atoms with Crippen molar-refractivity contribution in [3.05, 3.63) is 24.0 Å². The molecule has 20 heavy (non-hydrogen) atoms. The maximum atomic E-state index is 13.3. The van der Waals surface area contributed by atoms with Gasteiger partial charge in [-0.3, -0.25) is 0 Å². The Morgan fingerprint density at radius 1 is 1.30 bits per heavy atom. The van der Waals surface area contributed by atoms with Crippen molar-refractivity contribution >= 4 is 17.0 Å². The van der Waals surface area contributed by atoms with E-state index < -0.39 is 0 Å². The molecule has 4 heteroatoms. The first-order valence-corrected chi connectivity index (χ1v) is 7.51. The lowest BCUT2D eigenvalue weighted by Gasteiger charge is -2.36. The van der Waals surface area contributed by atoms with E-state index in [2.05, 4.69) is 23.4 Å². The Labute approximate surface area is 119 Å². The minimum atomic E-state index is -0.258. The highest BCUT2D eigenvalue weighted by Gasteiger charge is 2.31. The van der Waals surface area contributed by atoms with Crippen LogP contribution in [0.25, 0.3) is 11.0 Å². The second kappa shape index (κ2) is 5.08. The smallest absolute Gasteiger partial charge is 0.201 e. The summed E-state index contributed by atoms with van der Waals surface area (Å²) < 4.78 is 15.5. The molecule has 1 aliphatic rings. The predicted molar refractivity (Wildman–Crippen MR) is 79.9 cm³/mol. The van der Waals surface area contributed by atoms with Gasteiger partial charge in [0.25, 0.3) is 0 Å². The maximum absolute atomic E-state index is 13.3. The van der Waals surface area contributed by atoms with Gasteiger partial charge in [0.05, 0.1) is 11.0 Å². The molecular formula is C16H22FN3. The maximum Gasteiger partial charge on any atom is 0.201 e. The van der Waals surface area contributed by atoms with Crippen LogP contribution in [0.3, 0.4) is 0 Å². The van der Waals surface area contributed by atoms with Crippen molar-refractivity contribution < 1.29 is 4.39 Å². The Morgan fingerprint density at radius 2 is 2.05 bits per heavy atom. The summed E-state index contributed by atoms with van der Waals surface area (Å²) in [6, 6.07) is 5.15.